The molecule has 0 heterocycles. The third-order valence-corrected chi connectivity index (χ3v) is 3.48. The number of nitrogens with one attached hydrogen (secondary N) is 1. The number of carbonyl (C=O) groups is 1. The topological polar surface area (TPSA) is 77.0 Å². The van der Waals surface area contributed by atoms with E-state index in [2.05, 4.69) is 5.32 Å². The molecular formula is C17H18ClNO5. The van der Waals surface area contributed by atoms with Gasteiger partial charge >= 0.3 is 0 Å². The molecule has 0 aliphatic heterocycles. The van der Waals surface area contributed by atoms with Gasteiger partial charge in [0.1, 0.15) is 5.75 Å². The number of benzene rings is 2. The molecule has 0 saturated heterocycles. The van der Waals surface area contributed by atoms with E-state index < -0.39 is 0 Å². The van der Waals surface area contributed by atoms with Gasteiger partial charge in [0.05, 0.1) is 31.5 Å². The lowest BCUT2D eigenvalue weighted by Crippen LogP contribution is -2.20. The minimum Gasteiger partial charge on any atom is -0.495 e. The van der Waals surface area contributed by atoms with Crippen LogP contribution in [0, 0.1) is 0 Å². The largest absolute Gasteiger partial charge is 0.495 e. The van der Waals surface area contributed by atoms with E-state index in [0.717, 1.165) is 0 Å². The number of hydrogen-bond donors (Lipinski definition) is 2. The first-order valence-electron chi connectivity index (χ1n) is 7.12. The minimum atomic E-state index is -0.371. The number of ether oxygens (including phenoxy) is 3. The number of amides is 1. The van der Waals surface area contributed by atoms with E-state index >= 15 is 0 Å². The summed E-state index contributed by atoms with van der Waals surface area (Å²) in [5.41, 5.74) is 1.13. The van der Waals surface area contributed by atoms with E-state index in [1.807, 2.05) is 0 Å². The van der Waals surface area contributed by atoms with Crippen molar-refractivity contribution in [2.75, 3.05) is 26.1 Å². The summed E-state index contributed by atoms with van der Waals surface area (Å²) in [5, 5.41) is 12.1. The van der Waals surface area contributed by atoms with Crippen molar-refractivity contribution in [1.29, 1.82) is 0 Å². The second kappa shape index (κ2) is 8.42. The lowest BCUT2D eigenvalue weighted by molar-refractivity contribution is -0.118. The fourth-order valence-corrected chi connectivity index (χ4v) is 2.36. The van der Waals surface area contributed by atoms with Crippen LogP contribution in [0.3, 0.4) is 0 Å². The molecule has 2 aromatic carbocycles. The summed E-state index contributed by atoms with van der Waals surface area (Å²) in [6.07, 6.45) is 0. The Labute approximate surface area is 144 Å². The molecule has 0 aromatic heterocycles. The number of hydrogen-bond acceptors (Lipinski definition) is 5. The van der Waals surface area contributed by atoms with Gasteiger partial charge in [-0.15, -0.1) is 0 Å². The van der Waals surface area contributed by atoms with Crippen LogP contribution in [0.1, 0.15) is 5.56 Å². The number of methoxy groups -OCH3 is 2. The number of halogens is 1. The van der Waals surface area contributed by atoms with Gasteiger partial charge in [0, 0.05) is 0 Å². The zero-order valence-corrected chi connectivity index (χ0v) is 14.1. The first-order chi connectivity index (χ1) is 11.6. The Kier molecular flexibility index (Phi) is 6.28. The van der Waals surface area contributed by atoms with Crippen molar-refractivity contribution in [3.63, 3.8) is 0 Å². The van der Waals surface area contributed by atoms with E-state index in [9.17, 15) is 9.90 Å². The van der Waals surface area contributed by atoms with Crippen LogP contribution in [0.4, 0.5) is 5.69 Å². The highest BCUT2D eigenvalue weighted by Gasteiger charge is 2.14. The Morgan fingerprint density at radius 1 is 1.17 bits per heavy atom. The summed E-state index contributed by atoms with van der Waals surface area (Å²) in [6.45, 7) is -0.433. The lowest BCUT2D eigenvalue weighted by atomic mass is 10.2. The fraction of sp³-hybridized carbons (Fsp3) is 0.235. The van der Waals surface area contributed by atoms with Gasteiger partial charge in [-0.3, -0.25) is 4.79 Å². The molecule has 7 heteroatoms. The number of rotatable bonds is 7. The van der Waals surface area contributed by atoms with Gasteiger partial charge in [-0.2, -0.15) is 0 Å². The van der Waals surface area contributed by atoms with Crippen LogP contribution in [0.5, 0.6) is 17.2 Å². The van der Waals surface area contributed by atoms with Gasteiger partial charge in [0.2, 0.25) is 0 Å². The van der Waals surface area contributed by atoms with Crippen molar-refractivity contribution in [3.8, 4) is 17.2 Å². The highest BCUT2D eigenvalue weighted by Crippen LogP contribution is 2.36. The van der Waals surface area contributed by atoms with Crippen LogP contribution in [-0.4, -0.2) is 31.8 Å². The molecule has 0 aliphatic carbocycles. The summed E-state index contributed by atoms with van der Waals surface area (Å²) < 4.78 is 15.8. The van der Waals surface area contributed by atoms with Gasteiger partial charge in [-0.25, -0.2) is 0 Å². The van der Waals surface area contributed by atoms with Crippen molar-refractivity contribution in [2.24, 2.45) is 0 Å². The van der Waals surface area contributed by atoms with E-state index in [-0.39, 0.29) is 29.9 Å². The van der Waals surface area contributed by atoms with Crippen molar-refractivity contribution in [1.82, 2.24) is 0 Å². The molecule has 6 nitrogen and oxygen atoms in total. The predicted molar refractivity (Wildman–Crippen MR) is 91.0 cm³/mol. The van der Waals surface area contributed by atoms with Crippen molar-refractivity contribution >= 4 is 23.2 Å². The molecule has 0 radical (unpaired) electrons. The fourth-order valence-electron chi connectivity index (χ4n) is 2.08. The average molecular weight is 352 g/mol. The number of aliphatic hydroxyl groups is 1. The van der Waals surface area contributed by atoms with E-state index in [1.165, 1.54) is 14.2 Å². The highest BCUT2D eigenvalue weighted by atomic mass is 35.5. The molecule has 0 spiro atoms. The summed E-state index contributed by atoms with van der Waals surface area (Å²) in [6, 6.07) is 10.2. The maximum absolute atomic E-state index is 12.1. The second-order valence-electron chi connectivity index (χ2n) is 4.80. The third kappa shape index (κ3) is 4.31. The molecule has 0 aliphatic rings. The van der Waals surface area contributed by atoms with Crippen LogP contribution in [0.2, 0.25) is 5.02 Å². The van der Waals surface area contributed by atoms with Gasteiger partial charge in [0.15, 0.2) is 18.1 Å². The van der Waals surface area contributed by atoms with Crippen LogP contribution in [-0.2, 0) is 11.4 Å². The molecule has 0 saturated carbocycles. The Morgan fingerprint density at radius 2 is 1.88 bits per heavy atom. The summed E-state index contributed by atoms with van der Waals surface area (Å²) in [7, 11) is 2.98. The Bertz CT molecular complexity index is 720. The standard InChI is InChI=1S/C17H18ClNO5/c1-22-14-6-4-3-5-13(14)19-16(21)10-24-17-12(18)7-11(9-20)8-15(17)23-2/h3-8,20H,9-10H2,1-2H3,(H,19,21). The number of aliphatic hydroxyl groups excluding tert-OH is 1. The Hall–Kier alpha value is -2.44. The molecule has 2 rings (SSSR count). The second-order valence-corrected chi connectivity index (χ2v) is 5.21. The molecule has 0 unspecified atom stereocenters. The minimum absolute atomic E-state index is 0.176. The normalized spacial score (nSPS) is 10.2. The molecule has 0 fully saturated rings. The zero-order valence-electron chi connectivity index (χ0n) is 13.3. The van der Waals surface area contributed by atoms with Gasteiger partial charge in [0.25, 0.3) is 5.91 Å². The molecule has 0 bridgehead atoms. The quantitative estimate of drug-likeness (QED) is 0.802. The maximum Gasteiger partial charge on any atom is 0.262 e. The van der Waals surface area contributed by atoms with Gasteiger partial charge in [-0.1, -0.05) is 23.7 Å². The smallest absolute Gasteiger partial charge is 0.262 e. The van der Waals surface area contributed by atoms with Crippen LogP contribution in [0.15, 0.2) is 36.4 Å². The first kappa shape index (κ1) is 17.9. The van der Waals surface area contributed by atoms with Crippen molar-refractivity contribution in [3.05, 3.63) is 47.0 Å². The molecule has 24 heavy (non-hydrogen) atoms. The van der Waals surface area contributed by atoms with Crippen molar-refractivity contribution < 1.29 is 24.1 Å². The average Bonchev–Trinajstić information content (AvgIpc) is 2.60. The van der Waals surface area contributed by atoms with E-state index in [1.54, 1.807) is 36.4 Å². The van der Waals surface area contributed by atoms with Crippen LogP contribution < -0.4 is 19.5 Å². The van der Waals surface area contributed by atoms with Gasteiger partial charge in [-0.05, 0) is 29.8 Å². The molecule has 2 aromatic rings. The third-order valence-electron chi connectivity index (χ3n) is 3.20. The van der Waals surface area contributed by atoms with Gasteiger partial charge < -0.3 is 24.6 Å². The summed E-state index contributed by atoms with van der Waals surface area (Å²) in [5.74, 6) is 0.765. The van der Waals surface area contributed by atoms with E-state index in [0.29, 0.717) is 22.7 Å². The summed E-state index contributed by atoms with van der Waals surface area (Å²) >= 11 is 6.12. The van der Waals surface area contributed by atoms with Crippen molar-refractivity contribution in [2.45, 2.75) is 6.61 Å². The lowest BCUT2D eigenvalue weighted by Gasteiger charge is -2.14. The SMILES string of the molecule is COc1ccccc1NC(=O)COc1c(Cl)cc(CO)cc1OC. The number of anilines is 1. The molecule has 2 N–H and O–H groups in total. The highest BCUT2D eigenvalue weighted by molar-refractivity contribution is 6.32. The van der Waals surface area contributed by atoms with Crippen LogP contribution in [0.25, 0.3) is 0 Å². The first-order valence-corrected chi connectivity index (χ1v) is 7.49. The van der Waals surface area contributed by atoms with E-state index in [4.69, 9.17) is 25.8 Å². The Balaban J connectivity index is 2.06. The summed E-state index contributed by atoms with van der Waals surface area (Å²) in [4.78, 5) is 12.1. The molecule has 128 valence electrons. The monoisotopic (exact) mass is 351 g/mol. The predicted octanol–water partition coefficient (Wildman–Crippen LogP) is 2.87. The molecule has 1 amide bonds. The maximum atomic E-state index is 12.1. The Morgan fingerprint density at radius 3 is 2.54 bits per heavy atom. The molecule has 0 atom stereocenters. The number of para-hydroxylation sites is 2. The molecular weight excluding hydrogens is 334 g/mol. The zero-order chi connectivity index (χ0) is 17.5. The number of carbonyl (C=O) groups excluding carboxylic acids is 1. The van der Waals surface area contributed by atoms with Crippen LogP contribution >= 0.6 is 11.6 Å².